The first-order chi connectivity index (χ1) is 13.9. The van der Waals surface area contributed by atoms with Gasteiger partial charge in [0.1, 0.15) is 0 Å². The lowest BCUT2D eigenvalue weighted by molar-refractivity contribution is -0.126. The van der Waals surface area contributed by atoms with Crippen LogP contribution in [0, 0.1) is 18.8 Å². The summed E-state index contributed by atoms with van der Waals surface area (Å²) >= 11 is 0. The number of aryl methyl sites for hydroxylation is 1. The van der Waals surface area contributed by atoms with Gasteiger partial charge in [0, 0.05) is 44.2 Å². The molecular formula is C22H32N4O3. The number of likely N-dealkylation sites (tertiary alicyclic amines) is 2. The van der Waals surface area contributed by atoms with Gasteiger partial charge < -0.3 is 20.9 Å². The average Bonchev–Trinajstić information content (AvgIpc) is 2.74. The van der Waals surface area contributed by atoms with Crippen LogP contribution in [-0.4, -0.2) is 66.8 Å². The summed E-state index contributed by atoms with van der Waals surface area (Å²) in [5, 5.41) is 3.03. The van der Waals surface area contributed by atoms with Crippen molar-refractivity contribution in [3.05, 3.63) is 35.4 Å². The van der Waals surface area contributed by atoms with E-state index in [-0.39, 0.29) is 29.6 Å². The van der Waals surface area contributed by atoms with Gasteiger partial charge in [-0.3, -0.25) is 14.4 Å². The largest absolute Gasteiger partial charge is 0.369 e. The summed E-state index contributed by atoms with van der Waals surface area (Å²) in [4.78, 5) is 40.5. The van der Waals surface area contributed by atoms with Crippen molar-refractivity contribution in [2.45, 2.75) is 32.6 Å². The molecule has 3 rings (SSSR count). The first-order valence-corrected chi connectivity index (χ1v) is 10.6. The van der Waals surface area contributed by atoms with Gasteiger partial charge in [-0.2, -0.15) is 0 Å². The molecule has 3 amide bonds. The zero-order valence-corrected chi connectivity index (χ0v) is 17.2. The van der Waals surface area contributed by atoms with E-state index in [1.165, 1.54) is 0 Å². The highest BCUT2D eigenvalue weighted by molar-refractivity contribution is 5.94. The van der Waals surface area contributed by atoms with E-state index in [9.17, 15) is 14.4 Å². The number of hydrogen-bond donors (Lipinski definition) is 2. The van der Waals surface area contributed by atoms with Crippen molar-refractivity contribution < 1.29 is 14.4 Å². The number of amides is 3. The molecule has 7 heteroatoms. The Morgan fingerprint density at radius 1 is 1.03 bits per heavy atom. The molecule has 29 heavy (non-hydrogen) atoms. The van der Waals surface area contributed by atoms with E-state index in [0.29, 0.717) is 44.6 Å². The SMILES string of the molecule is Cc1ccc(C(=O)N2CCC(C(=O)NCCN3CCCC(C(N)=O)C3)CC2)cc1. The number of nitrogens with zero attached hydrogens (tertiary/aromatic N) is 2. The third kappa shape index (κ3) is 5.79. The summed E-state index contributed by atoms with van der Waals surface area (Å²) in [5.74, 6) is -0.244. The molecule has 2 saturated heterocycles. The monoisotopic (exact) mass is 400 g/mol. The second-order valence-corrected chi connectivity index (χ2v) is 8.27. The molecule has 3 N–H and O–H groups in total. The van der Waals surface area contributed by atoms with Gasteiger partial charge in [0.15, 0.2) is 0 Å². The molecule has 2 heterocycles. The minimum atomic E-state index is -0.231. The van der Waals surface area contributed by atoms with Crippen LogP contribution in [-0.2, 0) is 9.59 Å². The van der Waals surface area contributed by atoms with Crippen molar-refractivity contribution in [1.82, 2.24) is 15.1 Å². The van der Waals surface area contributed by atoms with Crippen molar-refractivity contribution in [2.24, 2.45) is 17.6 Å². The number of benzene rings is 1. The zero-order chi connectivity index (χ0) is 20.8. The Morgan fingerprint density at radius 2 is 1.72 bits per heavy atom. The van der Waals surface area contributed by atoms with Crippen molar-refractivity contribution in [3.8, 4) is 0 Å². The average molecular weight is 401 g/mol. The second-order valence-electron chi connectivity index (χ2n) is 8.27. The van der Waals surface area contributed by atoms with Gasteiger partial charge in [0.2, 0.25) is 11.8 Å². The fourth-order valence-corrected chi connectivity index (χ4v) is 4.20. The van der Waals surface area contributed by atoms with Crippen molar-refractivity contribution in [3.63, 3.8) is 0 Å². The first kappa shape index (κ1) is 21.3. The molecule has 1 atom stereocenters. The Balaban J connectivity index is 1.38. The molecular weight excluding hydrogens is 368 g/mol. The van der Waals surface area contributed by atoms with Gasteiger partial charge in [-0.05, 0) is 51.3 Å². The van der Waals surface area contributed by atoms with E-state index in [1.54, 1.807) is 0 Å². The topological polar surface area (TPSA) is 95.7 Å². The van der Waals surface area contributed by atoms with Gasteiger partial charge in [-0.1, -0.05) is 17.7 Å². The van der Waals surface area contributed by atoms with Crippen LogP contribution in [0.25, 0.3) is 0 Å². The Morgan fingerprint density at radius 3 is 2.38 bits per heavy atom. The summed E-state index contributed by atoms with van der Waals surface area (Å²) in [6, 6.07) is 7.61. The molecule has 0 spiro atoms. The number of primary amides is 1. The summed E-state index contributed by atoms with van der Waals surface area (Å²) in [6.45, 7) is 6.16. The quantitative estimate of drug-likeness (QED) is 0.749. The highest BCUT2D eigenvalue weighted by Crippen LogP contribution is 2.20. The summed E-state index contributed by atoms with van der Waals surface area (Å²) in [5.41, 5.74) is 7.25. The number of carbonyl (C=O) groups excluding carboxylic acids is 3. The minimum absolute atomic E-state index is 0.0398. The molecule has 2 aliphatic rings. The van der Waals surface area contributed by atoms with Gasteiger partial charge in [0.25, 0.3) is 5.91 Å². The highest BCUT2D eigenvalue weighted by atomic mass is 16.2. The van der Waals surface area contributed by atoms with Crippen LogP contribution in [0.5, 0.6) is 0 Å². The van der Waals surface area contributed by atoms with Crippen molar-refractivity contribution in [2.75, 3.05) is 39.3 Å². The van der Waals surface area contributed by atoms with E-state index < -0.39 is 0 Å². The van der Waals surface area contributed by atoms with Crippen LogP contribution in [0.4, 0.5) is 0 Å². The molecule has 0 aromatic heterocycles. The minimum Gasteiger partial charge on any atom is -0.369 e. The fraction of sp³-hybridized carbons (Fsp3) is 0.591. The van der Waals surface area contributed by atoms with E-state index in [1.807, 2.05) is 36.1 Å². The molecule has 7 nitrogen and oxygen atoms in total. The van der Waals surface area contributed by atoms with Crippen molar-refractivity contribution in [1.29, 1.82) is 0 Å². The van der Waals surface area contributed by atoms with Crippen LogP contribution in [0.1, 0.15) is 41.6 Å². The van der Waals surface area contributed by atoms with Gasteiger partial charge in [-0.15, -0.1) is 0 Å². The molecule has 1 unspecified atom stereocenters. The van der Waals surface area contributed by atoms with Crippen LogP contribution >= 0.6 is 0 Å². The zero-order valence-electron chi connectivity index (χ0n) is 17.2. The van der Waals surface area contributed by atoms with E-state index >= 15 is 0 Å². The molecule has 0 bridgehead atoms. The second kappa shape index (κ2) is 9.87. The lowest BCUT2D eigenvalue weighted by atomic mass is 9.95. The Labute approximate surface area is 172 Å². The van der Waals surface area contributed by atoms with E-state index in [4.69, 9.17) is 5.73 Å². The molecule has 0 aliphatic carbocycles. The molecule has 2 aliphatic heterocycles. The number of nitrogens with one attached hydrogen (secondary N) is 1. The predicted molar refractivity (Wildman–Crippen MR) is 111 cm³/mol. The summed E-state index contributed by atoms with van der Waals surface area (Å²) < 4.78 is 0. The Hall–Kier alpha value is -2.41. The Kier molecular flexibility index (Phi) is 7.25. The Bertz CT molecular complexity index is 726. The van der Waals surface area contributed by atoms with E-state index in [0.717, 1.165) is 31.5 Å². The lowest BCUT2D eigenvalue weighted by Crippen LogP contribution is -2.46. The summed E-state index contributed by atoms with van der Waals surface area (Å²) in [7, 11) is 0. The van der Waals surface area contributed by atoms with Crippen LogP contribution in [0.15, 0.2) is 24.3 Å². The predicted octanol–water partition coefficient (Wildman–Crippen LogP) is 1.16. The highest BCUT2D eigenvalue weighted by Gasteiger charge is 2.28. The molecule has 1 aromatic rings. The first-order valence-electron chi connectivity index (χ1n) is 10.6. The molecule has 1 aromatic carbocycles. The summed E-state index contributed by atoms with van der Waals surface area (Å²) in [6.07, 6.45) is 3.21. The van der Waals surface area contributed by atoms with Gasteiger partial charge in [-0.25, -0.2) is 0 Å². The lowest BCUT2D eigenvalue weighted by Gasteiger charge is -2.32. The molecule has 2 fully saturated rings. The van der Waals surface area contributed by atoms with Gasteiger partial charge >= 0.3 is 0 Å². The van der Waals surface area contributed by atoms with Crippen molar-refractivity contribution >= 4 is 17.7 Å². The van der Waals surface area contributed by atoms with Crippen LogP contribution in [0.3, 0.4) is 0 Å². The third-order valence-corrected chi connectivity index (χ3v) is 6.09. The number of piperidine rings is 2. The standard InChI is InChI=1S/C22H32N4O3/c1-16-4-6-18(7-5-16)22(29)26-12-8-17(9-13-26)21(28)24-10-14-25-11-2-3-19(15-25)20(23)27/h4-7,17,19H,2-3,8-15H2,1H3,(H2,23,27)(H,24,28). The van der Waals surface area contributed by atoms with E-state index in [2.05, 4.69) is 10.2 Å². The maximum atomic E-state index is 12.6. The molecule has 0 radical (unpaired) electrons. The van der Waals surface area contributed by atoms with Crippen LogP contribution < -0.4 is 11.1 Å². The van der Waals surface area contributed by atoms with Crippen LogP contribution in [0.2, 0.25) is 0 Å². The normalized spacial score (nSPS) is 21.0. The third-order valence-electron chi connectivity index (χ3n) is 6.09. The number of carbonyl (C=O) groups is 3. The smallest absolute Gasteiger partial charge is 0.253 e. The number of nitrogens with two attached hydrogens (primary N) is 1. The fourth-order valence-electron chi connectivity index (χ4n) is 4.20. The maximum absolute atomic E-state index is 12.6. The van der Waals surface area contributed by atoms with Gasteiger partial charge in [0.05, 0.1) is 5.92 Å². The molecule has 158 valence electrons. The maximum Gasteiger partial charge on any atom is 0.253 e. The number of rotatable bonds is 6. The number of hydrogen-bond acceptors (Lipinski definition) is 4. The molecule has 0 saturated carbocycles.